The number of nitrogens with zero attached hydrogens (tertiary/aromatic N) is 2. The van der Waals surface area contributed by atoms with Crippen molar-refractivity contribution < 1.29 is 9.21 Å². The summed E-state index contributed by atoms with van der Waals surface area (Å²) in [6.45, 7) is 4.38. The zero-order valence-corrected chi connectivity index (χ0v) is 10.4. The molecule has 1 N–H and O–H groups in total. The first-order chi connectivity index (χ1) is 8.22. The largest absolute Gasteiger partial charge is 0.438 e. The molecule has 94 valence electrons. The van der Waals surface area contributed by atoms with E-state index >= 15 is 0 Å². The van der Waals surface area contributed by atoms with E-state index in [9.17, 15) is 4.79 Å². The van der Waals surface area contributed by atoms with Gasteiger partial charge in [-0.3, -0.25) is 4.79 Å². The van der Waals surface area contributed by atoms with E-state index in [4.69, 9.17) is 4.42 Å². The third kappa shape index (κ3) is 2.66. The lowest BCUT2D eigenvalue weighted by Crippen LogP contribution is -2.42. The van der Waals surface area contributed by atoms with Crippen LogP contribution in [0.1, 0.15) is 29.1 Å². The zero-order chi connectivity index (χ0) is 12.3. The van der Waals surface area contributed by atoms with Crippen molar-refractivity contribution in [1.82, 2.24) is 15.2 Å². The fraction of sp³-hybridized carbons (Fsp3) is 0.667. The maximum Gasteiger partial charge on any atom is 0.291 e. The topological polar surface area (TPSA) is 58.4 Å². The van der Waals surface area contributed by atoms with Crippen molar-refractivity contribution in [3.8, 4) is 0 Å². The molecule has 0 spiro atoms. The van der Waals surface area contributed by atoms with Crippen molar-refractivity contribution in [3.05, 3.63) is 17.8 Å². The summed E-state index contributed by atoms with van der Waals surface area (Å²) in [4.78, 5) is 18.0. The van der Waals surface area contributed by atoms with Crippen LogP contribution < -0.4 is 5.32 Å². The van der Waals surface area contributed by atoms with Crippen LogP contribution in [-0.2, 0) is 0 Å². The number of likely N-dealkylation sites (tertiary alicyclic amines) is 1. The predicted octanol–water partition coefficient (Wildman–Crippen LogP) is 1.05. The Morgan fingerprint density at radius 1 is 1.71 bits per heavy atom. The predicted molar refractivity (Wildman–Crippen MR) is 63.8 cm³/mol. The first-order valence-corrected chi connectivity index (χ1v) is 6.06. The molecule has 1 amide bonds. The fourth-order valence-electron chi connectivity index (χ4n) is 2.36. The van der Waals surface area contributed by atoms with Crippen LogP contribution in [0, 0.1) is 12.8 Å². The van der Waals surface area contributed by atoms with Crippen LogP contribution in [0.5, 0.6) is 0 Å². The summed E-state index contributed by atoms with van der Waals surface area (Å²) < 4.78 is 5.16. The first kappa shape index (κ1) is 12.1. The number of nitrogens with one attached hydrogen (secondary N) is 1. The van der Waals surface area contributed by atoms with Crippen LogP contribution in [-0.4, -0.2) is 42.5 Å². The van der Waals surface area contributed by atoms with Crippen LogP contribution in [0.3, 0.4) is 0 Å². The molecule has 0 radical (unpaired) electrons. The van der Waals surface area contributed by atoms with E-state index in [2.05, 4.69) is 10.3 Å². The second-order valence-electron chi connectivity index (χ2n) is 4.58. The van der Waals surface area contributed by atoms with Gasteiger partial charge in [0.2, 0.25) is 5.76 Å². The molecule has 1 fully saturated rings. The molecule has 1 aromatic rings. The molecule has 1 aliphatic rings. The summed E-state index contributed by atoms with van der Waals surface area (Å²) in [5.41, 5.74) is 0.672. The summed E-state index contributed by atoms with van der Waals surface area (Å²) >= 11 is 0. The van der Waals surface area contributed by atoms with E-state index in [-0.39, 0.29) is 5.91 Å². The molecule has 0 bridgehead atoms. The minimum absolute atomic E-state index is 0.0270. The van der Waals surface area contributed by atoms with Gasteiger partial charge in [0, 0.05) is 13.1 Å². The molecule has 5 nitrogen and oxygen atoms in total. The number of hydrogen-bond donors (Lipinski definition) is 1. The Balaban J connectivity index is 2.02. The van der Waals surface area contributed by atoms with Gasteiger partial charge in [0.15, 0.2) is 6.39 Å². The highest BCUT2D eigenvalue weighted by Gasteiger charge is 2.26. The normalized spacial score (nSPS) is 20.6. The maximum atomic E-state index is 12.2. The van der Waals surface area contributed by atoms with Gasteiger partial charge >= 0.3 is 0 Å². The Labute approximate surface area is 101 Å². The fourth-order valence-corrected chi connectivity index (χ4v) is 2.36. The summed E-state index contributed by atoms with van der Waals surface area (Å²) in [5.74, 6) is 0.900. The number of oxazole rings is 1. The molecule has 0 aromatic carbocycles. The minimum Gasteiger partial charge on any atom is -0.438 e. The quantitative estimate of drug-likeness (QED) is 0.854. The van der Waals surface area contributed by atoms with E-state index in [0.29, 0.717) is 17.4 Å². The highest BCUT2D eigenvalue weighted by molar-refractivity contribution is 5.92. The van der Waals surface area contributed by atoms with Gasteiger partial charge in [-0.1, -0.05) is 0 Å². The molecule has 2 heterocycles. The molecule has 17 heavy (non-hydrogen) atoms. The van der Waals surface area contributed by atoms with Gasteiger partial charge in [-0.15, -0.1) is 0 Å². The lowest BCUT2D eigenvalue weighted by molar-refractivity contribution is 0.0641. The number of piperidine rings is 1. The number of rotatable bonds is 3. The van der Waals surface area contributed by atoms with Crippen LogP contribution in [0.2, 0.25) is 0 Å². The molecule has 1 aliphatic heterocycles. The molecule has 0 aliphatic carbocycles. The van der Waals surface area contributed by atoms with Crippen molar-refractivity contribution in [2.75, 3.05) is 26.7 Å². The number of hydrogen-bond acceptors (Lipinski definition) is 4. The SMILES string of the molecule is CNCC1CCCN(C(=O)c2ocnc2C)C1. The number of aryl methyl sites for hydroxylation is 1. The van der Waals surface area contributed by atoms with Crippen molar-refractivity contribution in [2.45, 2.75) is 19.8 Å². The second-order valence-corrected chi connectivity index (χ2v) is 4.58. The van der Waals surface area contributed by atoms with Crippen molar-refractivity contribution in [3.63, 3.8) is 0 Å². The lowest BCUT2D eigenvalue weighted by Gasteiger charge is -2.32. The average Bonchev–Trinajstić information content (AvgIpc) is 2.75. The van der Waals surface area contributed by atoms with Gasteiger partial charge in [-0.25, -0.2) is 4.98 Å². The number of carbonyl (C=O) groups is 1. The zero-order valence-electron chi connectivity index (χ0n) is 10.4. The Kier molecular flexibility index (Phi) is 3.78. The van der Waals surface area contributed by atoms with Gasteiger partial charge in [0.25, 0.3) is 5.91 Å². The second kappa shape index (κ2) is 5.31. The van der Waals surface area contributed by atoms with Gasteiger partial charge in [-0.05, 0) is 39.3 Å². The summed E-state index contributed by atoms with van der Waals surface area (Å²) in [6.07, 6.45) is 3.57. The Hall–Kier alpha value is -1.36. The summed E-state index contributed by atoms with van der Waals surface area (Å²) in [5, 5.41) is 3.17. The van der Waals surface area contributed by atoms with Crippen molar-refractivity contribution >= 4 is 5.91 Å². The molecule has 1 atom stereocenters. The Morgan fingerprint density at radius 3 is 3.18 bits per heavy atom. The third-order valence-corrected chi connectivity index (χ3v) is 3.24. The highest BCUT2D eigenvalue weighted by Crippen LogP contribution is 2.19. The summed E-state index contributed by atoms with van der Waals surface area (Å²) in [6, 6.07) is 0. The van der Waals surface area contributed by atoms with Gasteiger partial charge < -0.3 is 14.6 Å². The van der Waals surface area contributed by atoms with Crippen molar-refractivity contribution in [2.24, 2.45) is 5.92 Å². The lowest BCUT2D eigenvalue weighted by atomic mass is 9.98. The van der Waals surface area contributed by atoms with Crippen molar-refractivity contribution in [1.29, 1.82) is 0 Å². The third-order valence-electron chi connectivity index (χ3n) is 3.24. The monoisotopic (exact) mass is 237 g/mol. The van der Waals surface area contributed by atoms with Gasteiger partial charge in [0.1, 0.15) is 0 Å². The highest BCUT2D eigenvalue weighted by atomic mass is 16.3. The summed E-state index contributed by atoms with van der Waals surface area (Å²) in [7, 11) is 1.95. The van der Waals surface area contributed by atoms with E-state index < -0.39 is 0 Å². The molecule has 5 heteroatoms. The van der Waals surface area contributed by atoms with E-state index in [1.165, 1.54) is 12.8 Å². The average molecular weight is 237 g/mol. The number of carbonyl (C=O) groups excluding carboxylic acids is 1. The molecule has 2 rings (SSSR count). The van der Waals surface area contributed by atoms with Gasteiger partial charge in [-0.2, -0.15) is 0 Å². The molecule has 0 saturated carbocycles. The maximum absolute atomic E-state index is 12.2. The van der Waals surface area contributed by atoms with Crippen LogP contribution >= 0.6 is 0 Å². The van der Waals surface area contributed by atoms with Crippen LogP contribution in [0.25, 0.3) is 0 Å². The smallest absolute Gasteiger partial charge is 0.291 e. The Bertz CT molecular complexity index is 387. The van der Waals surface area contributed by atoms with E-state index in [1.54, 1.807) is 6.92 Å². The molecular formula is C12H19N3O2. The van der Waals surface area contributed by atoms with E-state index in [1.807, 2.05) is 11.9 Å². The molecule has 1 aromatic heterocycles. The molecule has 1 unspecified atom stereocenters. The molecular weight excluding hydrogens is 218 g/mol. The van der Waals surface area contributed by atoms with Crippen LogP contribution in [0.15, 0.2) is 10.8 Å². The number of amides is 1. The number of aromatic nitrogens is 1. The molecule has 1 saturated heterocycles. The first-order valence-electron chi connectivity index (χ1n) is 6.06. The van der Waals surface area contributed by atoms with E-state index in [0.717, 1.165) is 26.1 Å². The minimum atomic E-state index is -0.0270. The Morgan fingerprint density at radius 2 is 2.53 bits per heavy atom. The van der Waals surface area contributed by atoms with Gasteiger partial charge in [0.05, 0.1) is 5.69 Å². The standard InChI is InChI=1S/C12H19N3O2/c1-9-11(17-8-14-9)12(16)15-5-3-4-10(7-15)6-13-2/h8,10,13H,3-7H2,1-2H3. The van der Waals surface area contributed by atoms with Crippen LogP contribution in [0.4, 0.5) is 0 Å².